The van der Waals surface area contributed by atoms with Crippen LogP contribution < -0.4 is 10.6 Å². The lowest BCUT2D eigenvalue weighted by Crippen LogP contribution is -2.55. The van der Waals surface area contributed by atoms with Crippen molar-refractivity contribution in [3.05, 3.63) is 0 Å². The minimum Gasteiger partial charge on any atom is -0.380 e. The molecule has 2 fully saturated rings. The summed E-state index contributed by atoms with van der Waals surface area (Å²) < 4.78 is 5.42. The van der Waals surface area contributed by atoms with Crippen molar-refractivity contribution < 1.29 is 14.3 Å². The van der Waals surface area contributed by atoms with E-state index >= 15 is 0 Å². The number of ether oxygens (including phenoxy) is 1. The molecule has 7 heteroatoms. The van der Waals surface area contributed by atoms with Crippen LogP contribution >= 0.6 is 0 Å². The Hall–Kier alpha value is -1.18. The summed E-state index contributed by atoms with van der Waals surface area (Å²) in [5.41, 5.74) is 0. The van der Waals surface area contributed by atoms with Gasteiger partial charge in [-0.3, -0.25) is 19.4 Å². The van der Waals surface area contributed by atoms with Gasteiger partial charge in [0.1, 0.15) is 6.04 Å². The average molecular weight is 340 g/mol. The number of nitrogens with zero attached hydrogens (tertiary/aromatic N) is 2. The fourth-order valence-corrected chi connectivity index (χ4v) is 3.39. The smallest absolute Gasteiger partial charge is 0.242 e. The van der Waals surface area contributed by atoms with Crippen LogP contribution in [0.4, 0.5) is 0 Å². The van der Waals surface area contributed by atoms with E-state index in [4.69, 9.17) is 4.74 Å². The molecule has 2 aliphatic heterocycles. The molecule has 0 aromatic carbocycles. The van der Waals surface area contributed by atoms with Crippen LogP contribution in [-0.4, -0.2) is 86.2 Å². The topological polar surface area (TPSA) is 73.9 Å². The van der Waals surface area contributed by atoms with Crippen molar-refractivity contribution in [2.24, 2.45) is 0 Å². The molecule has 0 aromatic rings. The standard InChI is InChI=1S/C17H32N4O3/c1-3-24-11-10-21-9-8-20(12-14(21)2)13-16(22)19-15-6-4-5-7-18-17(15)23/h14-15H,3-13H2,1-2H3,(H,18,23)(H,19,22)/t14-,15-/m1/s1. The fourth-order valence-electron chi connectivity index (χ4n) is 3.39. The van der Waals surface area contributed by atoms with Crippen LogP contribution in [0.5, 0.6) is 0 Å². The highest BCUT2D eigenvalue weighted by molar-refractivity contribution is 5.88. The summed E-state index contributed by atoms with van der Waals surface area (Å²) in [7, 11) is 0. The Labute approximate surface area is 145 Å². The highest BCUT2D eigenvalue weighted by Gasteiger charge is 2.27. The summed E-state index contributed by atoms with van der Waals surface area (Å²) in [6.45, 7) is 10.4. The Morgan fingerprint density at radius 3 is 2.96 bits per heavy atom. The molecule has 2 heterocycles. The summed E-state index contributed by atoms with van der Waals surface area (Å²) in [6.07, 6.45) is 2.69. The molecule has 0 radical (unpaired) electrons. The summed E-state index contributed by atoms with van der Waals surface area (Å²) in [4.78, 5) is 28.8. The van der Waals surface area contributed by atoms with E-state index < -0.39 is 0 Å². The molecule has 2 aliphatic rings. The summed E-state index contributed by atoms with van der Waals surface area (Å²) in [6, 6.07) is 0.0399. The third kappa shape index (κ3) is 6.03. The van der Waals surface area contributed by atoms with E-state index in [1.807, 2.05) is 6.92 Å². The predicted molar refractivity (Wildman–Crippen MR) is 92.8 cm³/mol. The highest BCUT2D eigenvalue weighted by atomic mass is 16.5. The molecule has 7 nitrogen and oxygen atoms in total. The quantitative estimate of drug-likeness (QED) is 0.629. The first-order chi connectivity index (χ1) is 11.6. The lowest BCUT2D eigenvalue weighted by atomic mass is 10.1. The first kappa shape index (κ1) is 19.1. The first-order valence-electron chi connectivity index (χ1n) is 9.21. The second-order valence-corrected chi connectivity index (χ2v) is 6.72. The van der Waals surface area contributed by atoms with Gasteiger partial charge in [-0.25, -0.2) is 0 Å². The van der Waals surface area contributed by atoms with Gasteiger partial charge in [0.05, 0.1) is 13.2 Å². The zero-order chi connectivity index (χ0) is 17.4. The molecule has 2 saturated heterocycles. The van der Waals surface area contributed by atoms with Crippen LogP contribution in [0.25, 0.3) is 0 Å². The van der Waals surface area contributed by atoms with Gasteiger partial charge in [-0.15, -0.1) is 0 Å². The van der Waals surface area contributed by atoms with E-state index in [1.165, 1.54) is 0 Å². The number of hydrogen-bond acceptors (Lipinski definition) is 5. The van der Waals surface area contributed by atoms with Gasteiger partial charge in [0.2, 0.25) is 11.8 Å². The second kappa shape index (κ2) is 9.96. The van der Waals surface area contributed by atoms with Gasteiger partial charge >= 0.3 is 0 Å². The minimum absolute atomic E-state index is 0.0463. The first-order valence-corrected chi connectivity index (χ1v) is 9.21. The number of carbonyl (C=O) groups excluding carboxylic acids is 2. The van der Waals surface area contributed by atoms with Crippen LogP contribution in [0.2, 0.25) is 0 Å². The van der Waals surface area contributed by atoms with Crippen LogP contribution in [0.1, 0.15) is 33.1 Å². The van der Waals surface area contributed by atoms with Gasteiger partial charge in [-0.2, -0.15) is 0 Å². The third-order valence-electron chi connectivity index (χ3n) is 4.81. The summed E-state index contributed by atoms with van der Waals surface area (Å²) >= 11 is 0. The predicted octanol–water partition coefficient (Wildman–Crippen LogP) is -0.186. The van der Waals surface area contributed by atoms with Crippen molar-refractivity contribution in [1.82, 2.24) is 20.4 Å². The molecule has 2 atom stereocenters. The molecule has 0 unspecified atom stereocenters. The Bertz CT molecular complexity index is 419. The molecule has 2 N–H and O–H groups in total. The van der Waals surface area contributed by atoms with Crippen LogP contribution in [0, 0.1) is 0 Å². The molecule has 0 bridgehead atoms. The Morgan fingerprint density at radius 2 is 2.21 bits per heavy atom. The highest BCUT2D eigenvalue weighted by Crippen LogP contribution is 2.09. The molecule has 24 heavy (non-hydrogen) atoms. The van der Waals surface area contributed by atoms with Crippen molar-refractivity contribution in [1.29, 1.82) is 0 Å². The van der Waals surface area contributed by atoms with Crippen LogP contribution in [0.3, 0.4) is 0 Å². The summed E-state index contributed by atoms with van der Waals surface area (Å²) in [5.74, 6) is -0.0954. The van der Waals surface area contributed by atoms with Crippen molar-refractivity contribution in [3.8, 4) is 0 Å². The van der Waals surface area contributed by atoms with E-state index in [2.05, 4.69) is 27.4 Å². The van der Waals surface area contributed by atoms with E-state index in [0.29, 0.717) is 19.1 Å². The summed E-state index contributed by atoms with van der Waals surface area (Å²) in [5, 5.41) is 5.75. The maximum atomic E-state index is 12.3. The van der Waals surface area contributed by atoms with Gasteiger partial charge in [0.25, 0.3) is 0 Å². The van der Waals surface area contributed by atoms with Gasteiger partial charge < -0.3 is 15.4 Å². The van der Waals surface area contributed by atoms with Gasteiger partial charge in [0.15, 0.2) is 0 Å². The maximum absolute atomic E-state index is 12.3. The molecule has 2 rings (SSSR count). The lowest BCUT2D eigenvalue weighted by Gasteiger charge is -2.39. The minimum atomic E-state index is -0.370. The van der Waals surface area contributed by atoms with Crippen LogP contribution in [0.15, 0.2) is 0 Å². The molecule has 0 saturated carbocycles. The van der Waals surface area contributed by atoms with Crippen LogP contribution in [-0.2, 0) is 14.3 Å². The average Bonchev–Trinajstić information content (AvgIpc) is 2.74. The van der Waals surface area contributed by atoms with Crippen molar-refractivity contribution >= 4 is 11.8 Å². The molecule has 138 valence electrons. The fraction of sp³-hybridized carbons (Fsp3) is 0.882. The van der Waals surface area contributed by atoms with Gasteiger partial charge in [-0.1, -0.05) is 0 Å². The SMILES string of the molecule is CCOCCN1CCN(CC(=O)N[C@@H]2CCCCNC2=O)C[C@H]1C. The number of rotatable bonds is 7. The van der Waals surface area contributed by atoms with Gasteiger partial charge in [-0.05, 0) is 33.1 Å². The molecule has 0 spiro atoms. The second-order valence-electron chi connectivity index (χ2n) is 6.72. The Kier molecular flexibility index (Phi) is 7.94. The number of piperazine rings is 1. The normalized spacial score (nSPS) is 26.7. The largest absolute Gasteiger partial charge is 0.380 e. The molecular weight excluding hydrogens is 308 g/mol. The third-order valence-corrected chi connectivity index (χ3v) is 4.81. The monoisotopic (exact) mass is 340 g/mol. The number of carbonyl (C=O) groups is 2. The number of nitrogens with one attached hydrogen (secondary N) is 2. The molecule has 2 amide bonds. The van der Waals surface area contributed by atoms with Crippen molar-refractivity contribution in [2.75, 3.05) is 52.5 Å². The zero-order valence-electron chi connectivity index (χ0n) is 15.1. The molecule has 0 aromatic heterocycles. The Balaban J connectivity index is 1.71. The van der Waals surface area contributed by atoms with Crippen molar-refractivity contribution in [3.63, 3.8) is 0 Å². The molecule has 0 aliphatic carbocycles. The zero-order valence-corrected chi connectivity index (χ0v) is 15.1. The molecular formula is C17H32N4O3. The number of hydrogen-bond donors (Lipinski definition) is 2. The van der Waals surface area contributed by atoms with E-state index in [1.54, 1.807) is 0 Å². The Morgan fingerprint density at radius 1 is 1.38 bits per heavy atom. The number of amides is 2. The van der Waals surface area contributed by atoms with E-state index in [9.17, 15) is 9.59 Å². The van der Waals surface area contributed by atoms with E-state index in [-0.39, 0.29) is 17.9 Å². The maximum Gasteiger partial charge on any atom is 0.242 e. The van der Waals surface area contributed by atoms with E-state index in [0.717, 1.165) is 58.7 Å². The lowest BCUT2D eigenvalue weighted by molar-refractivity contribution is -0.129. The van der Waals surface area contributed by atoms with Gasteiger partial charge in [0, 0.05) is 45.4 Å². The van der Waals surface area contributed by atoms with Crippen molar-refractivity contribution in [2.45, 2.75) is 45.2 Å².